The van der Waals surface area contributed by atoms with Gasteiger partial charge in [0.1, 0.15) is 23.8 Å². The van der Waals surface area contributed by atoms with E-state index in [9.17, 15) is 15.3 Å². The van der Waals surface area contributed by atoms with Crippen molar-refractivity contribution in [2.24, 2.45) is 0 Å². The molecule has 29 heavy (non-hydrogen) atoms. The first-order valence-electron chi connectivity index (χ1n) is 10.2. The second-order valence-corrected chi connectivity index (χ2v) is 7.30. The second kappa shape index (κ2) is 9.98. The van der Waals surface area contributed by atoms with Crippen molar-refractivity contribution in [2.75, 3.05) is 12.3 Å². The van der Waals surface area contributed by atoms with Gasteiger partial charge < -0.3 is 25.8 Å². The number of hydrogen-bond acceptors (Lipinski definition) is 8. The van der Waals surface area contributed by atoms with Crippen molar-refractivity contribution in [3.8, 4) is 11.8 Å². The molecule has 158 valence electrons. The number of unbranched alkanes of at least 4 members (excludes halogenated alkanes) is 6. The maximum absolute atomic E-state index is 10.3. The molecule has 1 aliphatic heterocycles. The fourth-order valence-corrected chi connectivity index (χ4v) is 3.43. The summed E-state index contributed by atoms with van der Waals surface area (Å²) in [7, 11) is 0. The van der Waals surface area contributed by atoms with Crippen LogP contribution in [0.25, 0.3) is 11.2 Å². The molecule has 3 heterocycles. The predicted molar refractivity (Wildman–Crippen MR) is 108 cm³/mol. The van der Waals surface area contributed by atoms with Crippen LogP contribution in [-0.2, 0) is 4.74 Å². The molecule has 0 bridgehead atoms. The smallest absolute Gasteiger partial charge is 0.208 e. The van der Waals surface area contributed by atoms with Crippen molar-refractivity contribution in [1.82, 2.24) is 19.5 Å². The molecule has 1 fully saturated rings. The lowest BCUT2D eigenvalue weighted by Crippen LogP contribution is -2.33. The van der Waals surface area contributed by atoms with E-state index in [1.165, 1.54) is 36.6 Å². The van der Waals surface area contributed by atoms with Crippen LogP contribution >= 0.6 is 0 Å². The van der Waals surface area contributed by atoms with Gasteiger partial charge in [0, 0.05) is 6.42 Å². The van der Waals surface area contributed by atoms with Crippen molar-refractivity contribution < 1.29 is 20.1 Å². The van der Waals surface area contributed by atoms with Gasteiger partial charge in [0.05, 0.1) is 12.9 Å². The number of ether oxygens (including phenoxy) is 1. The van der Waals surface area contributed by atoms with Gasteiger partial charge in [0.15, 0.2) is 17.7 Å². The number of fused-ring (bicyclic) bond motifs is 1. The van der Waals surface area contributed by atoms with Crippen LogP contribution in [0.1, 0.15) is 63.9 Å². The summed E-state index contributed by atoms with van der Waals surface area (Å²) in [6.45, 7) is 1.79. The lowest BCUT2D eigenvalue weighted by Gasteiger charge is -2.16. The van der Waals surface area contributed by atoms with Crippen molar-refractivity contribution >= 4 is 17.0 Å². The molecule has 0 amide bonds. The van der Waals surface area contributed by atoms with Crippen LogP contribution in [-0.4, -0.2) is 59.8 Å². The summed E-state index contributed by atoms with van der Waals surface area (Å²) in [4.78, 5) is 12.8. The molecule has 0 radical (unpaired) electrons. The molecule has 9 heteroatoms. The standard InChI is InChI=1S/C20H29N5O4/c1-2-3-4-5-6-7-8-9-10-14-23-18(21)15-19(24-14)25(12-22-15)20-17(28)16(27)13(11-26)29-20/h12-13,16-17,20,26-28H,2-8,11H2,1H3,(H2,21,23,24)/t13-,16-,17-,20-/m1/s1. The zero-order chi connectivity index (χ0) is 20.8. The average molecular weight is 403 g/mol. The molecule has 4 atom stereocenters. The lowest BCUT2D eigenvalue weighted by molar-refractivity contribution is -0.0511. The fraction of sp³-hybridized carbons (Fsp3) is 0.650. The summed E-state index contributed by atoms with van der Waals surface area (Å²) in [5.41, 5.74) is 6.72. The zero-order valence-corrected chi connectivity index (χ0v) is 16.7. The van der Waals surface area contributed by atoms with Crippen LogP contribution in [0.15, 0.2) is 6.33 Å². The number of aromatic nitrogens is 4. The summed E-state index contributed by atoms with van der Waals surface area (Å²) >= 11 is 0. The zero-order valence-electron chi connectivity index (χ0n) is 16.7. The molecule has 0 saturated carbocycles. The van der Waals surface area contributed by atoms with Gasteiger partial charge >= 0.3 is 0 Å². The van der Waals surface area contributed by atoms with E-state index in [0.717, 1.165) is 19.3 Å². The molecule has 1 aliphatic rings. The van der Waals surface area contributed by atoms with Crippen LogP contribution in [0, 0.1) is 11.8 Å². The monoisotopic (exact) mass is 403 g/mol. The average Bonchev–Trinajstić information content (AvgIpc) is 3.25. The lowest BCUT2D eigenvalue weighted by atomic mass is 10.1. The number of aliphatic hydroxyl groups is 3. The Kier molecular flexibility index (Phi) is 7.39. The highest BCUT2D eigenvalue weighted by atomic mass is 16.6. The Hall–Kier alpha value is -2.25. The highest BCUT2D eigenvalue weighted by molar-refractivity contribution is 5.82. The third-order valence-corrected chi connectivity index (χ3v) is 5.10. The topological polar surface area (TPSA) is 140 Å². The van der Waals surface area contributed by atoms with E-state index >= 15 is 0 Å². The maximum Gasteiger partial charge on any atom is 0.208 e. The third-order valence-electron chi connectivity index (χ3n) is 5.10. The number of nitrogens with two attached hydrogens (primary N) is 1. The van der Waals surface area contributed by atoms with Gasteiger partial charge in [-0.1, -0.05) is 44.9 Å². The quantitative estimate of drug-likeness (QED) is 0.380. The number of imidazole rings is 1. The van der Waals surface area contributed by atoms with Gasteiger partial charge in [-0.2, -0.15) is 0 Å². The largest absolute Gasteiger partial charge is 0.394 e. The number of nitrogens with zero attached hydrogens (tertiary/aromatic N) is 4. The maximum atomic E-state index is 10.3. The van der Waals surface area contributed by atoms with Crippen molar-refractivity contribution in [3.05, 3.63) is 12.2 Å². The van der Waals surface area contributed by atoms with Crippen LogP contribution in [0.5, 0.6) is 0 Å². The number of nitrogen functional groups attached to an aromatic ring is 1. The van der Waals surface area contributed by atoms with Gasteiger partial charge in [-0.15, -0.1) is 0 Å². The third kappa shape index (κ3) is 4.85. The Morgan fingerprint density at radius 1 is 1.14 bits per heavy atom. The highest BCUT2D eigenvalue weighted by Crippen LogP contribution is 2.31. The number of aliphatic hydroxyl groups excluding tert-OH is 3. The Bertz CT molecular complexity index is 875. The minimum atomic E-state index is -1.23. The summed E-state index contributed by atoms with van der Waals surface area (Å²) < 4.78 is 7.04. The first-order valence-corrected chi connectivity index (χ1v) is 10.2. The van der Waals surface area contributed by atoms with Crippen molar-refractivity contribution in [2.45, 2.75) is 76.4 Å². The van der Waals surface area contributed by atoms with E-state index in [1.807, 2.05) is 0 Å². The SMILES string of the molecule is CCCCCCCCC#Cc1nc(N)c2ncn([C@@H]3O[C@H](CO)[C@@H](O)[C@H]3O)c2n1. The molecule has 2 aromatic rings. The molecule has 0 aliphatic carbocycles. The normalized spacial score (nSPS) is 24.0. The minimum Gasteiger partial charge on any atom is -0.394 e. The molecule has 2 aromatic heterocycles. The molecular formula is C20H29N5O4. The Morgan fingerprint density at radius 3 is 2.62 bits per heavy atom. The second-order valence-electron chi connectivity index (χ2n) is 7.30. The van der Waals surface area contributed by atoms with Gasteiger partial charge in [-0.3, -0.25) is 4.57 Å². The summed E-state index contributed by atoms with van der Waals surface area (Å²) in [5, 5.41) is 29.6. The molecule has 0 aromatic carbocycles. The van der Waals surface area contributed by atoms with E-state index in [-0.39, 0.29) is 11.6 Å². The fourth-order valence-electron chi connectivity index (χ4n) is 3.43. The van der Waals surface area contributed by atoms with Crippen molar-refractivity contribution in [3.63, 3.8) is 0 Å². The van der Waals surface area contributed by atoms with E-state index in [4.69, 9.17) is 10.5 Å². The summed E-state index contributed by atoms with van der Waals surface area (Å²) in [6, 6.07) is 0. The van der Waals surface area contributed by atoms with Crippen LogP contribution in [0.4, 0.5) is 5.82 Å². The Balaban J connectivity index is 1.72. The molecule has 9 nitrogen and oxygen atoms in total. The Morgan fingerprint density at radius 2 is 1.90 bits per heavy atom. The molecule has 1 saturated heterocycles. The molecule has 5 N–H and O–H groups in total. The molecule has 0 unspecified atom stereocenters. The van der Waals surface area contributed by atoms with Gasteiger partial charge in [0.2, 0.25) is 5.82 Å². The van der Waals surface area contributed by atoms with Crippen LogP contribution in [0.2, 0.25) is 0 Å². The molecule has 0 spiro atoms. The van der Waals surface area contributed by atoms with E-state index < -0.39 is 31.1 Å². The predicted octanol–water partition coefficient (Wildman–Crippen LogP) is 1.12. The first-order chi connectivity index (χ1) is 14.1. The number of hydrogen-bond donors (Lipinski definition) is 4. The van der Waals surface area contributed by atoms with Gasteiger partial charge in [0.25, 0.3) is 0 Å². The van der Waals surface area contributed by atoms with Gasteiger partial charge in [-0.25, -0.2) is 15.0 Å². The van der Waals surface area contributed by atoms with E-state index in [1.54, 1.807) is 0 Å². The highest BCUT2D eigenvalue weighted by Gasteiger charge is 2.44. The summed E-state index contributed by atoms with van der Waals surface area (Å²) in [5.74, 6) is 6.48. The van der Waals surface area contributed by atoms with Gasteiger partial charge in [-0.05, 0) is 12.3 Å². The molecular weight excluding hydrogens is 374 g/mol. The number of anilines is 1. The number of rotatable bonds is 8. The summed E-state index contributed by atoms with van der Waals surface area (Å²) in [6.07, 6.45) is 5.13. The minimum absolute atomic E-state index is 0.185. The Labute approximate surface area is 169 Å². The van der Waals surface area contributed by atoms with Crippen LogP contribution in [0.3, 0.4) is 0 Å². The van der Waals surface area contributed by atoms with E-state index in [0.29, 0.717) is 11.2 Å². The first kappa shape index (κ1) is 21.5. The van der Waals surface area contributed by atoms with Crippen molar-refractivity contribution in [1.29, 1.82) is 0 Å². The molecule has 3 rings (SSSR count). The van der Waals surface area contributed by atoms with E-state index in [2.05, 4.69) is 33.7 Å². The van der Waals surface area contributed by atoms with Crippen LogP contribution < -0.4 is 5.73 Å².